The van der Waals surface area contributed by atoms with Gasteiger partial charge >= 0.3 is 87.5 Å². The first-order valence-corrected chi connectivity index (χ1v) is 7.59. The van der Waals surface area contributed by atoms with Crippen LogP contribution in [0.5, 0.6) is 0 Å². The molecular formula is C5H14INO5P-. The summed E-state index contributed by atoms with van der Waals surface area (Å²) in [5.74, 6) is 0. The molecule has 82 valence electrons. The first kappa shape index (κ1) is 13.8. The van der Waals surface area contributed by atoms with Crippen molar-refractivity contribution in [1.82, 2.24) is 0 Å². The number of phosphoric ester groups is 1. The molecule has 0 fully saturated rings. The van der Waals surface area contributed by atoms with Gasteiger partial charge < -0.3 is 0 Å². The molecule has 0 amide bonds. The Balaban J connectivity index is 3.78. The Morgan fingerprint density at radius 2 is 2.23 bits per heavy atom. The molecule has 0 aromatic rings. The average molecular weight is 326 g/mol. The van der Waals surface area contributed by atoms with Gasteiger partial charge in [0.05, 0.1) is 0 Å². The fraction of sp³-hybridized carbons (Fsp3) is 1.00. The number of aliphatic hydroxyl groups excluding tert-OH is 1. The van der Waals surface area contributed by atoms with Crippen LogP contribution in [0.1, 0.15) is 6.92 Å². The third-order valence-corrected chi connectivity index (χ3v) is 3.92. The van der Waals surface area contributed by atoms with E-state index in [1.807, 2.05) is 0 Å². The second-order valence-corrected chi connectivity index (χ2v) is 6.02. The van der Waals surface area contributed by atoms with Crippen LogP contribution in [0, 0.1) is 0 Å². The van der Waals surface area contributed by atoms with Crippen molar-refractivity contribution < 1.29 is 45.1 Å². The molecule has 6 nitrogen and oxygen atoms in total. The van der Waals surface area contributed by atoms with Crippen LogP contribution in [-0.2, 0) is 13.6 Å². The standard InChI is InChI=1S/C5H14INO5P/c1-2-11-13(9,10)12-4-5(3-8)6-7/h5,8H,2-4,7H2,1H3,(H,9,10)/q-1. The van der Waals surface area contributed by atoms with Crippen LogP contribution < -0.4 is 25.4 Å². The molecule has 0 heterocycles. The van der Waals surface area contributed by atoms with Crippen molar-refractivity contribution in [2.45, 2.75) is 10.8 Å². The SMILES string of the molecule is CCOP(=O)(O)OCC(CO)[I-]N. The van der Waals surface area contributed by atoms with E-state index in [2.05, 4.69) is 9.05 Å². The van der Waals surface area contributed by atoms with E-state index >= 15 is 0 Å². The van der Waals surface area contributed by atoms with Crippen LogP contribution in [0.4, 0.5) is 0 Å². The second kappa shape index (κ2) is 7.10. The summed E-state index contributed by atoms with van der Waals surface area (Å²) in [7, 11) is -3.92. The van der Waals surface area contributed by atoms with Gasteiger partial charge in [0, 0.05) is 0 Å². The summed E-state index contributed by atoms with van der Waals surface area (Å²) in [6.07, 6.45) is 0. The first-order valence-electron chi connectivity index (χ1n) is 3.60. The zero-order valence-electron chi connectivity index (χ0n) is 7.22. The van der Waals surface area contributed by atoms with Crippen LogP contribution in [0.2, 0.25) is 0 Å². The normalized spacial score (nSPS) is 18.5. The number of halogens is 1. The van der Waals surface area contributed by atoms with Crippen LogP contribution in [0.3, 0.4) is 0 Å². The van der Waals surface area contributed by atoms with Gasteiger partial charge in [0.15, 0.2) is 0 Å². The van der Waals surface area contributed by atoms with Gasteiger partial charge in [0.25, 0.3) is 0 Å². The molecule has 4 N–H and O–H groups in total. The van der Waals surface area contributed by atoms with Gasteiger partial charge in [0.2, 0.25) is 0 Å². The Morgan fingerprint density at radius 3 is 2.62 bits per heavy atom. The molecule has 0 saturated heterocycles. The van der Waals surface area contributed by atoms with Crippen molar-refractivity contribution in [3.05, 3.63) is 0 Å². The third-order valence-electron chi connectivity index (χ3n) is 1.09. The Labute approximate surface area is 87.6 Å². The molecule has 0 aromatic carbocycles. The van der Waals surface area contributed by atoms with Gasteiger partial charge in [-0.1, -0.05) is 0 Å². The molecule has 0 aliphatic rings. The second-order valence-electron chi connectivity index (χ2n) is 2.09. The fourth-order valence-electron chi connectivity index (χ4n) is 0.504. The van der Waals surface area contributed by atoms with Crippen molar-refractivity contribution >= 4 is 7.82 Å². The number of alkyl halides is 1. The number of phosphoric acid groups is 1. The predicted molar refractivity (Wildman–Crippen MR) is 42.5 cm³/mol. The molecule has 0 saturated carbocycles. The maximum atomic E-state index is 11.0. The van der Waals surface area contributed by atoms with E-state index in [1.54, 1.807) is 6.92 Å². The Hall–Kier alpha value is 0.760. The number of hydrogen-bond donors (Lipinski definition) is 3. The van der Waals surface area contributed by atoms with E-state index in [1.165, 1.54) is 0 Å². The van der Waals surface area contributed by atoms with Gasteiger partial charge in [-0.05, 0) is 0 Å². The maximum absolute atomic E-state index is 11.0. The van der Waals surface area contributed by atoms with Crippen molar-refractivity contribution in [3.63, 3.8) is 0 Å². The van der Waals surface area contributed by atoms with Gasteiger partial charge in [-0.15, -0.1) is 0 Å². The van der Waals surface area contributed by atoms with Crippen molar-refractivity contribution in [1.29, 1.82) is 0 Å². The van der Waals surface area contributed by atoms with Crippen molar-refractivity contribution in [3.8, 4) is 0 Å². The molecule has 0 aromatic heterocycles. The zero-order chi connectivity index (χ0) is 10.3. The molecule has 2 atom stereocenters. The molecule has 13 heavy (non-hydrogen) atoms. The topological polar surface area (TPSA) is 102 Å². The van der Waals surface area contributed by atoms with Crippen molar-refractivity contribution in [2.24, 2.45) is 3.95 Å². The molecule has 0 spiro atoms. The number of hydrogen-bond acceptors (Lipinski definition) is 5. The summed E-state index contributed by atoms with van der Waals surface area (Å²) in [5.41, 5.74) is 0. The monoisotopic (exact) mass is 326 g/mol. The molecule has 8 heteroatoms. The average Bonchev–Trinajstić information content (AvgIpc) is 2.06. The summed E-state index contributed by atoms with van der Waals surface area (Å²) in [5, 5.41) is 8.71. The molecule has 2 unspecified atom stereocenters. The summed E-state index contributed by atoms with van der Waals surface area (Å²) < 4.78 is 25.1. The van der Waals surface area contributed by atoms with Crippen LogP contribution in [-0.4, -0.2) is 33.7 Å². The van der Waals surface area contributed by atoms with E-state index in [-0.39, 0.29) is 23.7 Å². The van der Waals surface area contributed by atoms with E-state index in [4.69, 9.17) is 13.9 Å². The summed E-state index contributed by atoms with van der Waals surface area (Å²) >= 11 is -0.686. The molecule has 0 rings (SSSR count). The van der Waals surface area contributed by atoms with Crippen LogP contribution in [0.15, 0.2) is 0 Å². The van der Waals surface area contributed by atoms with Gasteiger partial charge in [-0.25, -0.2) is 0 Å². The van der Waals surface area contributed by atoms with Crippen LogP contribution in [0.25, 0.3) is 0 Å². The first-order chi connectivity index (χ1) is 6.05. The molecule has 0 aliphatic carbocycles. The number of nitrogens with two attached hydrogens (primary N) is 1. The predicted octanol–water partition coefficient (Wildman–Crippen LogP) is -3.54. The zero-order valence-corrected chi connectivity index (χ0v) is 10.3. The molecule has 0 radical (unpaired) electrons. The minimum absolute atomic E-state index is 0.0337. The molecule has 0 bridgehead atoms. The van der Waals surface area contributed by atoms with Crippen molar-refractivity contribution in [2.75, 3.05) is 19.8 Å². The quantitative estimate of drug-likeness (QED) is 0.194. The van der Waals surface area contributed by atoms with E-state index in [0.717, 1.165) is 0 Å². The summed E-state index contributed by atoms with van der Waals surface area (Å²) in [4.78, 5) is 8.96. The third kappa shape index (κ3) is 6.78. The van der Waals surface area contributed by atoms with Crippen LogP contribution >= 0.6 is 7.82 Å². The minimum atomic E-state index is -3.92. The Bertz CT molecular complexity index is 176. The fourth-order valence-corrected chi connectivity index (χ4v) is 2.17. The number of aliphatic hydroxyl groups is 1. The summed E-state index contributed by atoms with van der Waals surface area (Å²) in [6, 6.07) is 0. The Kier molecular flexibility index (Phi) is 7.52. The number of rotatable bonds is 7. The van der Waals surface area contributed by atoms with E-state index < -0.39 is 29.3 Å². The molecule has 0 aliphatic heterocycles. The van der Waals surface area contributed by atoms with Gasteiger partial charge in [-0.2, -0.15) is 0 Å². The molecular weight excluding hydrogens is 312 g/mol. The van der Waals surface area contributed by atoms with E-state index in [9.17, 15) is 4.57 Å². The van der Waals surface area contributed by atoms with Gasteiger partial charge in [0.1, 0.15) is 0 Å². The van der Waals surface area contributed by atoms with E-state index in [0.29, 0.717) is 0 Å². The summed E-state index contributed by atoms with van der Waals surface area (Å²) in [6.45, 7) is 1.53. The van der Waals surface area contributed by atoms with Gasteiger partial charge in [-0.3, -0.25) is 0 Å². The Morgan fingerprint density at radius 1 is 1.62 bits per heavy atom.